The number of aromatic nitrogens is 1. The fourth-order valence-electron chi connectivity index (χ4n) is 4.06. The Bertz CT molecular complexity index is 981. The third-order valence-corrected chi connectivity index (χ3v) is 7.72. The highest BCUT2D eigenvalue weighted by Gasteiger charge is 2.33. The van der Waals surface area contributed by atoms with E-state index in [-0.39, 0.29) is 34.8 Å². The first-order valence-electron chi connectivity index (χ1n) is 10.7. The molecule has 0 radical (unpaired) electrons. The van der Waals surface area contributed by atoms with Crippen molar-refractivity contribution < 1.29 is 22.5 Å². The van der Waals surface area contributed by atoms with E-state index in [0.717, 1.165) is 30.0 Å². The molecular weight excluding hydrogens is 418 g/mol. The van der Waals surface area contributed by atoms with Crippen molar-refractivity contribution in [3.05, 3.63) is 35.7 Å². The number of hydrogen-bond donors (Lipinski definition) is 1. The zero-order valence-corrected chi connectivity index (χ0v) is 19.4. The zero-order valence-electron chi connectivity index (χ0n) is 18.6. The molecule has 1 aliphatic rings. The largest absolute Gasteiger partial charge is 0.494 e. The summed E-state index contributed by atoms with van der Waals surface area (Å²) in [6, 6.07) is 6.71. The third-order valence-electron chi connectivity index (χ3n) is 5.70. The second-order valence-electron chi connectivity index (χ2n) is 8.03. The molecule has 0 bridgehead atoms. The van der Waals surface area contributed by atoms with Gasteiger partial charge in [0.05, 0.1) is 12.3 Å². The zero-order chi connectivity index (χ0) is 22.6. The van der Waals surface area contributed by atoms with Gasteiger partial charge in [-0.25, -0.2) is 8.42 Å². The van der Waals surface area contributed by atoms with Gasteiger partial charge in [-0.2, -0.15) is 0 Å². The van der Waals surface area contributed by atoms with Gasteiger partial charge in [-0.05, 0) is 63.8 Å². The van der Waals surface area contributed by atoms with Crippen molar-refractivity contribution in [2.75, 3.05) is 17.5 Å². The molecule has 0 spiro atoms. The van der Waals surface area contributed by atoms with Crippen molar-refractivity contribution in [3.63, 3.8) is 0 Å². The molecule has 1 aromatic heterocycles. The Hall–Kier alpha value is -2.55. The van der Waals surface area contributed by atoms with Crippen molar-refractivity contribution in [1.82, 2.24) is 10.5 Å². The number of amides is 1. The number of hydrogen-bond acceptors (Lipinski definition) is 6. The first-order valence-corrected chi connectivity index (χ1v) is 12.2. The Kier molecular flexibility index (Phi) is 7.25. The Balaban J connectivity index is 1.91. The van der Waals surface area contributed by atoms with E-state index in [2.05, 4.69) is 17.4 Å². The smallest absolute Gasteiger partial charge is 0.270 e. The number of rotatable bonds is 8. The average molecular weight is 450 g/mol. The van der Waals surface area contributed by atoms with Crippen LogP contribution in [0.4, 0.5) is 5.69 Å². The molecule has 1 N–H and O–H groups in total. The normalized spacial score (nSPS) is 19.1. The van der Waals surface area contributed by atoms with Crippen LogP contribution < -0.4 is 14.4 Å². The highest BCUT2D eigenvalue weighted by atomic mass is 32.2. The van der Waals surface area contributed by atoms with E-state index < -0.39 is 10.0 Å². The summed E-state index contributed by atoms with van der Waals surface area (Å²) in [6.45, 7) is 7.29. The van der Waals surface area contributed by atoms with Crippen LogP contribution in [0, 0.1) is 19.8 Å². The Labute approximate surface area is 184 Å². The maximum absolute atomic E-state index is 13.6. The summed E-state index contributed by atoms with van der Waals surface area (Å²) >= 11 is 0. The predicted octanol–water partition coefficient (Wildman–Crippen LogP) is 3.58. The maximum Gasteiger partial charge on any atom is 0.270 e. The van der Waals surface area contributed by atoms with E-state index in [9.17, 15) is 13.2 Å². The van der Waals surface area contributed by atoms with Crippen LogP contribution in [0.3, 0.4) is 0 Å². The van der Waals surface area contributed by atoms with Gasteiger partial charge >= 0.3 is 0 Å². The average Bonchev–Trinajstić information content (AvgIpc) is 3.08. The summed E-state index contributed by atoms with van der Waals surface area (Å²) in [7, 11) is -4.07. The second-order valence-corrected chi connectivity index (χ2v) is 9.83. The van der Waals surface area contributed by atoms with E-state index in [4.69, 9.17) is 9.26 Å². The molecule has 3 rings (SSSR count). The third kappa shape index (κ3) is 5.20. The molecule has 1 aromatic carbocycles. The van der Waals surface area contributed by atoms with Crippen molar-refractivity contribution in [2.45, 2.75) is 64.3 Å². The molecule has 9 heteroatoms. The predicted molar refractivity (Wildman–Crippen MR) is 118 cm³/mol. The number of nitrogens with zero attached hydrogens (tertiary/aromatic N) is 2. The van der Waals surface area contributed by atoms with Crippen LogP contribution in [0.25, 0.3) is 0 Å². The van der Waals surface area contributed by atoms with Gasteiger partial charge in [-0.1, -0.05) is 24.9 Å². The van der Waals surface area contributed by atoms with Gasteiger partial charge in [0.15, 0.2) is 10.7 Å². The minimum Gasteiger partial charge on any atom is -0.494 e. The number of ether oxygens (including phenoxy) is 1. The van der Waals surface area contributed by atoms with E-state index in [1.54, 1.807) is 38.1 Å². The lowest BCUT2D eigenvalue weighted by atomic mass is 9.86. The quantitative estimate of drug-likeness (QED) is 0.661. The second kappa shape index (κ2) is 9.72. The standard InChI is InChI=1S/C22H31N3O5S/c1-5-29-19-12-10-18(11-13-19)25(31(27,28)22-16(3)24-30-17(22)4)14-21(26)23-20-9-7-6-8-15(20)2/h10-13,15,20H,5-9,14H2,1-4H3,(H,23,26)/t15-,20+/m0/s1. The molecule has 0 unspecified atom stereocenters. The maximum atomic E-state index is 13.6. The molecule has 1 aliphatic carbocycles. The molecule has 1 saturated carbocycles. The van der Waals surface area contributed by atoms with Crippen LogP contribution in [-0.2, 0) is 14.8 Å². The molecule has 2 atom stereocenters. The molecule has 0 aliphatic heterocycles. The fraction of sp³-hybridized carbons (Fsp3) is 0.545. The van der Waals surface area contributed by atoms with Gasteiger partial charge < -0.3 is 14.6 Å². The van der Waals surface area contributed by atoms with Gasteiger partial charge in [0.25, 0.3) is 10.0 Å². The molecule has 31 heavy (non-hydrogen) atoms. The first kappa shape index (κ1) is 23.1. The summed E-state index contributed by atoms with van der Waals surface area (Å²) in [4.78, 5) is 12.9. The van der Waals surface area contributed by atoms with Crippen LogP contribution in [0.15, 0.2) is 33.7 Å². The number of carbonyl (C=O) groups excluding carboxylic acids is 1. The summed E-state index contributed by atoms with van der Waals surface area (Å²) in [5.41, 5.74) is 0.630. The SMILES string of the molecule is CCOc1ccc(N(CC(=O)N[C@@H]2CCCC[C@@H]2C)S(=O)(=O)c2c(C)noc2C)cc1. The van der Waals surface area contributed by atoms with E-state index in [1.165, 1.54) is 0 Å². The molecule has 1 amide bonds. The molecule has 170 valence electrons. The van der Waals surface area contributed by atoms with Gasteiger partial charge in [-0.3, -0.25) is 9.10 Å². The van der Waals surface area contributed by atoms with Crippen molar-refractivity contribution in [1.29, 1.82) is 0 Å². The lowest BCUT2D eigenvalue weighted by molar-refractivity contribution is -0.120. The monoisotopic (exact) mass is 449 g/mol. The van der Waals surface area contributed by atoms with Crippen LogP contribution in [-0.4, -0.2) is 38.7 Å². The van der Waals surface area contributed by atoms with Crippen LogP contribution >= 0.6 is 0 Å². The minimum absolute atomic E-state index is 0.0137. The first-order chi connectivity index (χ1) is 14.7. The van der Waals surface area contributed by atoms with Gasteiger partial charge in [0, 0.05) is 6.04 Å². The van der Waals surface area contributed by atoms with Crippen LogP contribution in [0.1, 0.15) is 51.0 Å². The summed E-state index contributed by atoms with van der Waals surface area (Å²) in [5.74, 6) is 0.856. The highest BCUT2D eigenvalue weighted by Crippen LogP contribution is 2.29. The molecule has 1 fully saturated rings. The van der Waals surface area contributed by atoms with Gasteiger partial charge in [0.1, 0.15) is 18.0 Å². The van der Waals surface area contributed by atoms with E-state index >= 15 is 0 Å². The lowest BCUT2D eigenvalue weighted by Crippen LogP contribution is -2.47. The summed E-state index contributed by atoms with van der Waals surface area (Å²) in [5, 5.41) is 6.82. The molecule has 8 nitrogen and oxygen atoms in total. The van der Waals surface area contributed by atoms with Gasteiger partial charge in [-0.15, -0.1) is 0 Å². The number of benzene rings is 1. The Morgan fingerprint density at radius 1 is 1.23 bits per heavy atom. The van der Waals surface area contributed by atoms with Gasteiger partial charge in [0.2, 0.25) is 5.91 Å². The molecule has 0 saturated heterocycles. The number of carbonyl (C=O) groups is 1. The topological polar surface area (TPSA) is 102 Å². The van der Waals surface area contributed by atoms with Crippen molar-refractivity contribution in [2.24, 2.45) is 5.92 Å². The van der Waals surface area contributed by atoms with Crippen LogP contribution in [0.2, 0.25) is 0 Å². The summed E-state index contributed by atoms with van der Waals surface area (Å²) in [6.07, 6.45) is 4.19. The van der Waals surface area contributed by atoms with E-state index in [0.29, 0.717) is 24.0 Å². The Morgan fingerprint density at radius 3 is 2.48 bits per heavy atom. The van der Waals surface area contributed by atoms with Crippen LogP contribution in [0.5, 0.6) is 5.75 Å². The Morgan fingerprint density at radius 2 is 1.90 bits per heavy atom. The van der Waals surface area contributed by atoms with Crippen molar-refractivity contribution in [3.8, 4) is 5.75 Å². The number of sulfonamides is 1. The lowest BCUT2D eigenvalue weighted by Gasteiger charge is -2.31. The van der Waals surface area contributed by atoms with Crippen molar-refractivity contribution >= 4 is 21.6 Å². The number of nitrogens with one attached hydrogen (secondary N) is 1. The fourth-order valence-corrected chi connectivity index (χ4v) is 5.77. The highest BCUT2D eigenvalue weighted by molar-refractivity contribution is 7.93. The number of aryl methyl sites for hydroxylation is 2. The summed E-state index contributed by atoms with van der Waals surface area (Å²) < 4.78 is 38.8. The molecular formula is C22H31N3O5S. The van der Waals surface area contributed by atoms with E-state index in [1.807, 2.05) is 6.92 Å². The minimum atomic E-state index is -4.07. The number of anilines is 1. The molecule has 1 heterocycles. The molecule has 2 aromatic rings.